The highest BCUT2D eigenvalue weighted by Gasteiger charge is 2.65. The first-order valence-corrected chi connectivity index (χ1v) is 8.57. The Morgan fingerprint density at radius 3 is 2.22 bits per heavy atom. The molecule has 2 heterocycles. The van der Waals surface area contributed by atoms with Gasteiger partial charge in [-0.05, 0) is 12.1 Å². The van der Waals surface area contributed by atoms with E-state index in [1.54, 1.807) is 9.80 Å². The standard InChI is InChI=1S/C12H16F5N3O2S/c1-22-9-12(21)20-6-4-19(5-7-20)11-3-2-10(8-18-11)23(13,14,15,16)17/h2-3,8H,4-7,9H2,1H3. The molecule has 0 unspecified atom stereocenters. The number of methoxy groups -OCH3 is 1. The van der Waals surface area contributed by atoms with Crippen LogP contribution in [0.1, 0.15) is 0 Å². The summed E-state index contributed by atoms with van der Waals surface area (Å²) in [6.07, 6.45) is 0.152. The van der Waals surface area contributed by atoms with Crippen LogP contribution in [0.25, 0.3) is 0 Å². The Bertz CT molecular complexity index is 585. The van der Waals surface area contributed by atoms with E-state index in [1.807, 2.05) is 0 Å². The highest BCUT2D eigenvalue weighted by molar-refractivity contribution is 8.45. The number of anilines is 1. The highest BCUT2D eigenvalue weighted by atomic mass is 32.5. The summed E-state index contributed by atoms with van der Waals surface area (Å²) in [5.41, 5.74) is 0. The molecule has 0 saturated carbocycles. The molecule has 1 aliphatic heterocycles. The van der Waals surface area contributed by atoms with E-state index in [2.05, 4.69) is 4.98 Å². The maximum absolute atomic E-state index is 12.6. The molecular formula is C12H16F5N3O2S. The van der Waals surface area contributed by atoms with Gasteiger partial charge in [-0.1, -0.05) is 19.4 Å². The van der Waals surface area contributed by atoms with E-state index in [0.717, 1.165) is 6.07 Å². The van der Waals surface area contributed by atoms with E-state index in [-0.39, 0.29) is 24.5 Å². The van der Waals surface area contributed by atoms with E-state index in [4.69, 9.17) is 4.74 Å². The monoisotopic (exact) mass is 361 g/mol. The first kappa shape index (κ1) is 17.7. The van der Waals surface area contributed by atoms with Crippen LogP contribution in [-0.4, -0.2) is 55.7 Å². The summed E-state index contributed by atoms with van der Waals surface area (Å²) in [4.78, 5) is 16.3. The van der Waals surface area contributed by atoms with Gasteiger partial charge in [0.15, 0.2) is 0 Å². The van der Waals surface area contributed by atoms with Crippen LogP contribution in [0.2, 0.25) is 0 Å². The topological polar surface area (TPSA) is 45.7 Å². The SMILES string of the molecule is COCC(=O)N1CCN(c2ccc(S(F)(F)(F)(F)F)cn2)CC1. The lowest BCUT2D eigenvalue weighted by atomic mass is 10.3. The zero-order chi connectivity index (χ0) is 17.4. The predicted octanol–water partition coefficient (Wildman–Crippen LogP) is 3.03. The predicted molar refractivity (Wildman–Crippen MR) is 76.3 cm³/mol. The number of piperazine rings is 1. The van der Waals surface area contributed by atoms with Gasteiger partial charge in [0.2, 0.25) is 5.91 Å². The summed E-state index contributed by atoms with van der Waals surface area (Å²) in [5, 5.41) is 0. The van der Waals surface area contributed by atoms with Crippen molar-refractivity contribution in [3.05, 3.63) is 18.3 Å². The van der Waals surface area contributed by atoms with Crippen LogP contribution in [0.3, 0.4) is 0 Å². The van der Waals surface area contributed by atoms with Crippen LogP contribution in [0.15, 0.2) is 23.2 Å². The van der Waals surface area contributed by atoms with E-state index in [9.17, 15) is 24.2 Å². The first-order valence-electron chi connectivity index (χ1n) is 6.62. The largest absolute Gasteiger partial charge is 0.375 e. The molecule has 1 fully saturated rings. The Balaban J connectivity index is 2.04. The van der Waals surface area contributed by atoms with Crippen molar-refractivity contribution in [2.75, 3.05) is 44.8 Å². The Morgan fingerprint density at radius 2 is 1.78 bits per heavy atom. The van der Waals surface area contributed by atoms with E-state index < -0.39 is 15.1 Å². The minimum atomic E-state index is -9.69. The van der Waals surface area contributed by atoms with Gasteiger partial charge in [-0.3, -0.25) is 4.79 Å². The van der Waals surface area contributed by atoms with Crippen molar-refractivity contribution in [3.63, 3.8) is 0 Å². The molecular weight excluding hydrogens is 345 g/mol. The number of halogens is 5. The molecule has 11 heteroatoms. The van der Waals surface area contributed by atoms with Gasteiger partial charge in [0.25, 0.3) is 0 Å². The third kappa shape index (κ3) is 4.44. The van der Waals surface area contributed by atoms with Crippen molar-refractivity contribution < 1.29 is 29.0 Å². The van der Waals surface area contributed by atoms with Gasteiger partial charge in [0.05, 0.1) is 6.20 Å². The number of carbonyl (C=O) groups excluding carboxylic acids is 1. The molecule has 0 N–H and O–H groups in total. The van der Waals surface area contributed by atoms with Crippen molar-refractivity contribution in [2.45, 2.75) is 4.90 Å². The van der Waals surface area contributed by atoms with Gasteiger partial charge in [-0.2, -0.15) is 0 Å². The average molecular weight is 361 g/mol. The molecule has 1 aromatic heterocycles. The number of nitrogens with zero attached hydrogens (tertiary/aromatic N) is 3. The highest BCUT2D eigenvalue weighted by Crippen LogP contribution is 3.02. The lowest BCUT2D eigenvalue weighted by Gasteiger charge is -2.40. The Morgan fingerprint density at radius 1 is 1.17 bits per heavy atom. The molecule has 0 aliphatic carbocycles. The van der Waals surface area contributed by atoms with Crippen LogP contribution in [0.4, 0.5) is 25.2 Å². The lowest BCUT2D eigenvalue weighted by Crippen LogP contribution is -2.49. The minimum Gasteiger partial charge on any atom is -0.375 e. The molecule has 23 heavy (non-hydrogen) atoms. The smallest absolute Gasteiger partial charge is 0.311 e. The maximum atomic E-state index is 12.6. The maximum Gasteiger partial charge on any atom is 0.311 e. The fraction of sp³-hybridized carbons (Fsp3) is 0.500. The number of amides is 1. The molecule has 1 aliphatic rings. The van der Waals surface area contributed by atoms with Gasteiger partial charge in [-0.15, -0.1) is 0 Å². The summed E-state index contributed by atoms with van der Waals surface area (Å²) in [7, 11) is -8.29. The van der Waals surface area contributed by atoms with Gasteiger partial charge in [0.1, 0.15) is 17.3 Å². The van der Waals surface area contributed by atoms with Crippen LogP contribution in [-0.2, 0) is 9.53 Å². The van der Waals surface area contributed by atoms with Crippen LogP contribution in [0.5, 0.6) is 0 Å². The molecule has 0 atom stereocenters. The molecule has 0 aromatic carbocycles. The van der Waals surface area contributed by atoms with Crippen molar-refractivity contribution in [1.82, 2.24) is 9.88 Å². The third-order valence-corrected chi connectivity index (χ3v) is 4.52. The fourth-order valence-corrected chi connectivity index (χ4v) is 2.76. The number of hydrogen-bond donors (Lipinski definition) is 0. The third-order valence-electron chi connectivity index (χ3n) is 3.39. The molecule has 0 spiro atoms. The van der Waals surface area contributed by atoms with Gasteiger partial charge in [0, 0.05) is 33.3 Å². The summed E-state index contributed by atoms with van der Waals surface area (Å²) >= 11 is 0. The van der Waals surface area contributed by atoms with E-state index >= 15 is 0 Å². The Hall–Kier alpha value is -1.62. The number of carbonyl (C=O) groups is 1. The molecule has 1 aromatic rings. The zero-order valence-electron chi connectivity index (χ0n) is 12.2. The number of ether oxygens (including phenoxy) is 1. The summed E-state index contributed by atoms with van der Waals surface area (Å²) in [5.74, 6) is -0.0224. The van der Waals surface area contributed by atoms with Crippen molar-refractivity contribution in [3.8, 4) is 0 Å². The van der Waals surface area contributed by atoms with Crippen molar-refractivity contribution >= 4 is 21.9 Å². The van der Waals surface area contributed by atoms with Crippen LogP contribution >= 0.6 is 10.2 Å². The van der Waals surface area contributed by atoms with Crippen LogP contribution in [0, 0.1) is 0 Å². The molecule has 1 amide bonds. The molecule has 0 bridgehead atoms. The second kappa shape index (κ2) is 5.20. The number of aromatic nitrogens is 1. The van der Waals surface area contributed by atoms with Crippen molar-refractivity contribution in [2.24, 2.45) is 0 Å². The van der Waals surface area contributed by atoms with Gasteiger partial charge >= 0.3 is 10.2 Å². The Kier molecular flexibility index (Phi) is 4.01. The molecule has 5 nitrogen and oxygen atoms in total. The molecule has 132 valence electrons. The Labute approximate surface area is 129 Å². The minimum absolute atomic E-state index is 0.0448. The van der Waals surface area contributed by atoms with E-state index in [1.165, 1.54) is 7.11 Å². The second-order valence-corrected chi connectivity index (χ2v) is 7.53. The number of pyridine rings is 1. The summed E-state index contributed by atoms with van der Waals surface area (Å²) < 4.78 is 67.9. The summed E-state index contributed by atoms with van der Waals surface area (Å²) in [6.45, 7) is 1.35. The molecule has 1 saturated heterocycles. The summed E-state index contributed by atoms with van der Waals surface area (Å²) in [6, 6.07) is 1.26. The number of rotatable bonds is 4. The number of hydrogen-bond acceptors (Lipinski definition) is 4. The van der Waals surface area contributed by atoms with Crippen LogP contribution < -0.4 is 4.90 Å². The molecule has 2 rings (SSSR count). The average Bonchev–Trinajstić information content (AvgIpc) is 2.45. The normalized spacial score (nSPS) is 19.2. The first-order chi connectivity index (χ1) is 10.4. The second-order valence-electron chi connectivity index (χ2n) is 5.12. The van der Waals surface area contributed by atoms with Gasteiger partial charge < -0.3 is 14.5 Å². The fourth-order valence-electron chi connectivity index (χ4n) is 2.19. The molecule has 0 radical (unpaired) electrons. The quantitative estimate of drug-likeness (QED) is 0.774. The van der Waals surface area contributed by atoms with Gasteiger partial charge in [-0.25, -0.2) is 4.98 Å². The van der Waals surface area contributed by atoms with Crippen molar-refractivity contribution in [1.29, 1.82) is 0 Å². The van der Waals surface area contributed by atoms with E-state index in [0.29, 0.717) is 32.2 Å². The zero-order valence-corrected chi connectivity index (χ0v) is 13.0. The lowest BCUT2D eigenvalue weighted by molar-refractivity contribution is -0.135.